The van der Waals surface area contributed by atoms with Crippen molar-refractivity contribution in [3.8, 4) is 0 Å². The van der Waals surface area contributed by atoms with Crippen molar-refractivity contribution in [1.82, 2.24) is 10.2 Å². The van der Waals surface area contributed by atoms with E-state index in [0.717, 1.165) is 6.42 Å². The second-order valence-corrected chi connectivity index (χ2v) is 5.84. The smallest absolute Gasteiger partial charge is 0.407 e. The van der Waals surface area contributed by atoms with Crippen LogP contribution in [0.15, 0.2) is 0 Å². The van der Waals surface area contributed by atoms with E-state index in [2.05, 4.69) is 10.1 Å². The van der Waals surface area contributed by atoms with Gasteiger partial charge in [0.25, 0.3) is 0 Å². The maximum absolute atomic E-state index is 12.2. The number of hydrogen-bond donors (Lipinski definition) is 2. The monoisotopic (exact) mass is 286 g/mol. The van der Waals surface area contributed by atoms with Gasteiger partial charge in [-0.2, -0.15) is 0 Å². The van der Waals surface area contributed by atoms with E-state index in [-0.39, 0.29) is 24.5 Å². The number of alkyl carbamates (subject to hydrolysis) is 1. The molecular formula is C14H26N2O4. The third kappa shape index (κ3) is 5.36. The predicted molar refractivity (Wildman–Crippen MR) is 75.2 cm³/mol. The lowest BCUT2D eigenvalue weighted by molar-refractivity contribution is -0.134. The third-order valence-corrected chi connectivity index (χ3v) is 3.52. The maximum Gasteiger partial charge on any atom is 0.407 e. The average molecular weight is 286 g/mol. The molecule has 6 heteroatoms. The molecule has 0 aromatic heterocycles. The van der Waals surface area contributed by atoms with Crippen molar-refractivity contribution in [1.29, 1.82) is 0 Å². The number of rotatable bonds is 5. The number of nitrogens with one attached hydrogen (secondary N) is 1. The first kappa shape index (κ1) is 16.8. The predicted octanol–water partition coefficient (Wildman–Crippen LogP) is 0.988. The molecule has 2 atom stereocenters. The van der Waals surface area contributed by atoms with Crippen LogP contribution in [-0.4, -0.2) is 54.9 Å². The van der Waals surface area contributed by atoms with Gasteiger partial charge >= 0.3 is 6.09 Å². The lowest BCUT2D eigenvalue weighted by Crippen LogP contribution is -2.52. The van der Waals surface area contributed by atoms with Gasteiger partial charge in [-0.1, -0.05) is 13.8 Å². The molecule has 1 fully saturated rings. The number of likely N-dealkylation sites (tertiary alicyclic amines) is 1. The summed E-state index contributed by atoms with van der Waals surface area (Å²) in [6.07, 6.45) is 1.44. The van der Waals surface area contributed by atoms with Crippen LogP contribution in [0.4, 0.5) is 4.79 Å². The maximum atomic E-state index is 12.2. The van der Waals surface area contributed by atoms with Crippen LogP contribution in [0.5, 0.6) is 0 Å². The van der Waals surface area contributed by atoms with E-state index in [4.69, 9.17) is 5.11 Å². The van der Waals surface area contributed by atoms with Crippen LogP contribution in [0.25, 0.3) is 0 Å². The Morgan fingerprint density at radius 1 is 1.40 bits per heavy atom. The van der Waals surface area contributed by atoms with Crippen LogP contribution < -0.4 is 5.32 Å². The first-order valence-electron chi connectivity index (χ1n) is 7.19. The van der Waals surface area contributed by atoms with Gasteiger partial charge in [0.1, 0.15) is 0 Å². The number of amides is 2. The summed E-state index contributed by atoms with van der Waals surface area (Å²) in [5.41, 5.74) is 0. The highest BCUT2D eigenvalue weighted by molar-refractivity contribution is 5.76. The quantitative estimate of drug-likeness (QED) is 0.790. The molecule has 1 heterocycles. The molecule has 1 aliphatic rings. The summed E-state index contributed by atoms with van der Waals surface area (Å²) in [6, 6.07) is -0.108. The van der Waals surface area contributed by atoms with Gasteiger partial charge in [-0.3, -0.25) is 4.79 Å². The number of carbonyl (C=O) groups excluding carboxylic acids is 2. The summed E-state index contributed by atoms with van der Waals surface area (Å²) in [4.78, 5) is 25.3. The fourth-order valence-corrected chi connectivity index (χ4v) is 2.61. The van der Waals surface area contributed by atoms with E-state index in [0.29, 0.717) is 31.8 Å². The van der Waals surface area contributed by atoms with Crippen molar-refractivity contribution < 1.29 is 19.4 Å². The average Bonchev–Trinajstić information content (AvgIpc) is 2.37. The minimum Gasteiger partial charge on any atom is -0.453 e. The first-order chi connectivity index (χ1) is 9.46. The highest BCUT2D eigenvalue weighted by atomic mass is 16.5. The Bertz CT molecular complexity index is 333. The Hall–Kier alpha value is -1.30. The second kappa shape index (κ2) is 8.09. The van der Waals surface area contributed by atoms with Crippen LogP contribution in [-0.2, 0) is 9.53 Å². The number of piperidine rings is 1. The van der Waals surface area contributed by atoms with Crippen LogP contribution in [0.2, 0.25) is 0 Å². The van der Waals surface area contributed by atoms with E-state index in [9.17, 15) is 9.59 Å². The van der Waals surface area contributed by atoms with Crippen molar-refractivity contribution in [2.75, 3.05) is 26.8 Å². The molecule has 116 valence electrons. The fourth-order valence-electron chi connectivity index (χ4n) is 2.61. The Kier molecular flexibility index (Phi) is 6.78. The summed E-state index contributed by atoms with van der Waals surface area (Å²) < 4.78 is 4.61. The molecule has 1 aliphatic heterocycles. The van der Waals surface area contributed by atoms with E-state index < -0.39 is 6.09 Å². The van der Waals surface area contributed by atoms with Gasteiger partial charge < -0.3 is 20.1 Å². The van der Waals surface area contributed by atoms with Crippen molar-refractivity contribution >= 4 is 12.0 Å². The largest absolute Gasteiger partial charge is 0.453 e. The van der Waals surface area contributed by atoms with Gasteiger partial charge in [0.2, 0.25) is 5.91 Å². The van der Waals surface area contributed by atoms with Crippen LogP contribution in [0.1, 0.15) is 33.1 Å². The SMILES string of the molecule is COC(=O)NC1CC(CCO)CN(C(=O)CC(C)C)C1. The molecule has 6 nitrogen and oxygen atoms in total. The highest BCUT2D eigenvalue weighted by Gasteiger charge is 2.30. The number of aliphatic hydroxyl groups is 1. The van der Waals surface area contributed by atoms with Gasteiger partial charge in [-0.25, -0.2) is 4.79 Å². The Balaban J connectivity index is 2.64. The van der Waals surface area contributed by atoms with Gasteiger partial charge in [-0.05, 0) is 24.7 Å². The summed E-state index contributed by atoms with van der Waals surface area (Å²) >= 11 is 0. The Morgan fingerprint density at radius 3 is 2.65 bits per heavy atom. The molecular weight excluding hydrogens is 260 g/mol. The van der Waals surface area contributed by atoms with Crippen molar-refractivity contribution in [3.63, 3.8) is 0 Å². The van der Waals surface area contributed by atoms with Crippen molar-refractivity contribution in [2.45, 2.75) is 39.2 Å². The molecule has 1 saturated heterocycles. The molecule has 1 rings (SSSR count). The van der Waals surface area contributed by atoms with Crippen LogP contribution in [0, 0.1) is 11.8 Å². The minimum absolute atomic E-state index is 0.0990. The summed E-state index contributed by atoms with van der Waals surface area (Å²) in [7, 11) is 1.32. The first-order valence-corrected chi connectivity index (χ1v) is 7.19. The molecule has 0 bridgehead atoms. The molecule has 0 radical (unpaired) electrons. The summed E-state index contributed by atoms with van der Waals surface area (Å²) in [5, 5.41) is 11.8. The zero-order valence-corrected chi connectivity index (χ0v) is 12.6. The molecule has 0 aromatic carbocycles. The molecule has 2 N–H and O–H groups in total. The van der Waals surface area contributed by atoms with E-state index in [1.54, 1.807) is 4.90 Å². The standard InChI is InChI=1S/C14H26N2O4/c1-10(2)6-13(18)16-8-11(4-5-17)7-12(9-16)15-14(19)20-3/h10-12,17H,4-9H2,1-3H3,(H,15,19). The fraction of sp³-hybridized carbons (Fsp3) is 0.857. The van der Waals surface area contributed by atoms with E-state index >= 15 is 0 Å². The number of carbonyl (C=O) groups is 2. The topological polar surface area (TPSA) is 78.9 Å². The Morgan fingerprint density at radius 2 is 2.10 bits per heavy atom. The molecule has 0 spiro atoms. The number of ether oxygens (including phenoxy) is 1. The van der Waals surface area contributed by atoms with Gasteiger partial charge in [0.15, 0.2) is 0 Å². The zero-order chi connectivity index (χ0) is 15.1. The minimum atomic E-state index is -0.476. The van der Waals surface area contributed by atoms with E-state index in [1.165, 1.54) is 7.11 Å². The zero-order valence-electron chi connectivity index (χ0n) is 12.6. The highest BCUT2D eigenvalue weighted by Crippen LogP contribution is 2.21. The summed E-state index contributed by atoms with van der Waals surface area (Å²) in [6.45, 7) is 5.30. The number of hydrogen-bond acceptors (Lipinski definition) is 4. The van der Waals surface area contributed by atoms with Crippen LogP contribution >= 0.6 is 0 Å². The van der Waals surface area contributed by atoms with Crippen molar-refractivity contribution in [2.24, 2.45) is 11.8 Å². The van der Waals surface area contributed by atoms with Crippen molar-refractivity contribution in [3.05, 3.63) is 0 Å². The molecule has 0 aromatic rings. The summed E-state index contributed by atoms with van der Waals surface area (Å²) in [5.74, 6) is 0.638. The number of aliphatic hydroxyl groups excluding tert-OH is 1. The number of nitrogens with zero attached hydrogens (tertiary/aromatic N) is 1. The lowest BCUT2D eigenvalue weighted by atomic mass is 9.91. The normalized spacial score (nSPS) is 22.8. The molecule has 20 heavy (non-hydrogen) atoms. The molecule has 0 aliphatic carbocycles. The molecule has 2 unspecified atom stereocenters. The molecule has 2 amide bonds. The third-order valence-electron chi connectivity index (χ3n) is 3.52. The Labute approximate surface area is 120 Å². The number of methoxy groups -OCH3 is 1. The van der Waals surface area contributed by atoms with Gasteiger partial charge in [0.05, 0.1) is 13.2 Å². The van der Waals surface area contributed by atoms with E-state index in [1.807, 2.05) is 13.8 Å². The van der Waals surface area contributed by atoms with Gasteiger partial charge in [-0.15, -0.1) is 0 Å². The molecule has 0 saturated carbocycles. The lowest BCUT2D eigenvalue weighted by Gasteiger charge is -2.38. The van der Waals surface area contributed by atoms with Gasteiger partial charge in [0, 0.05) is 26.1 Å². The van der Waals surface area contributed by atoms with Crippen LogP contribution in [0.3, 0.4) is 0 Å². The second-order valence-electron chi connectivity index (χ2n) is 5.84.